The summed E-state index contributed by atoms with van der Waals surface area (Å²) in [5, 5.41) is 0. The van der Waals surface area contributed by atoms with Crippen LogP contribution in [0.4, 0.5) is 16.2 Å². The minimum Gasteiger partial charge on any atom is -0.434 e. The van der Waals surface area contributed by atoms with E-state index in [9.17, 15) is 0 Å². The summed E-state index contributed by atoms with van der Waals surface area (Å²) in [4.78, 5) is 15.2. The molecule has 0 aromatic carbocycles. The van der Waals surface area contributed by atoms with Gasteiger partial charge in [-0.3, -0.25) is 4.57 Å². The van der Waals surface area contributed by atoms with Crippen LogP contribution in [0, 0.1) is 0 Å². The number of rotatable bonds is 6. The van der Waals surface area contributed by atoms with E-state index in [0.717, 1.165) is 0 Å². The van der Waals surface area contributed by atoms with Gasteiger partial charge in [-0.05, 0) is 29.1 Å². The Bertz CT molecular complexity index is 1120. The third-order valence-electron chi connectivity index (χ3n) is 8.57. The highest BCUT2D eigenvalue weighted by atomic mass is 28.4. The number of alkyl halides is 1. The molecular weight excluding hydrogens is 507 g/mol. The number of fused-ring (bicyclic) bond motifs is 2. The molecule has 0 radical (unpaired) electrons. The van der Waals surface area contributed by atoms with E-state index in [1.807, 2.05) is 19.0 Å². The summed E-state index contributed by atoms with van der Waals surface area (Å²) in [5.74, 6) is 0.688. The quantitative estimate of drug-likeness (QED) is 0.466. The van der Waals surface area contributed by atoms with E-state index in [1.165, 1.54) is 0 Å². The second-order valence-corrected chi connectivity index (χ2v) is 21.9. The highest BCUT2D eigenvalue weighted by Crippen LogP contribution is 2.62. The van der Waals surface area contributed by atoms with E-state index in [4.69, 9.17) is 19.0 Å². The Morgan fingerprint density at radius 3 is 2.16 bits per heavy atom. The van der Waals surface area contributed by atoms with Gasteiger partial charge in [0.05, 0.1) is 19.0 Å². The Labute approximate surface area is 222 Å². The number of anilines is 2. The molecule has 37 heavy (non-hydrogen) atoms. The maximum absolute atomic E-state index is 17.6. The average Bonchev–Trinajstić information content (AvgIpc) is 3.23. The van der Waals surface area contributed by atoms with E-state index in [1.54, 1.807) is 17.8 Å². The molecule has 0 bridgehead atoms. The zero-order valence-electron chi connectivity index (χ0n) is 24.2. The summed E-state index contributed by atoms with van der Waals surface area (Å²) < 4.78 is 40.1. The summed E-state index contributed by atoms with van der Waals surface area (Å²) in [6.07, 6.45) is 0.213. The van der Waals surface area contributed by atoms with E-state index in [0.29, 0.717) is 23.6 Å². The van der Waals surface area contributed by atoms with Crippen LogP contribution in [0.2, 0.25) is 27.7 Å². The summed E-state index contributed by atoms with van der Waals surface area (Å²) in [6.45, 7) is 19.5. The van der Waals surface area contributed by atoms with Gasteiger partial charge in [-0.15, -0.1) is 0 Å². The smallest absolute Gasteiger partial charge is 0.333 e. The first-order chi connectivity index (χ1) is 17.1. The number of hydrogen-bond acceptors (Lipinski definition) is 8. The molecule has 2 aliphatic rings. The first kappa shape index (κ1) is 28.4. The molecule has 4 atom stereocenters. The lowest BCUT2D eigenvalue weighted by Gasteiger charge is -2.51. The molecule has 0 spiro atoms. The fourth-order valence-electron chi connectivity index (χ4n) is 6.94. The molecule has 9 nitrogen and oxygen atoms in total. The minimum absolute atomic E-state index is 0.107. The summed E-state index contributed by atoms with van der Waals surface area (Å²) in [6, 6.07) is 0. The number of ether oxygens (including phenoxy) is 1. The van der Waals surface area contributed by atoms with Gasteiger partial charge in [-0.25, -0.2) is 9.37 Å². The Morgan fingerprint density at radius 2 is 1.65 bits per heavy atom. The van der Waals surface area contributed by atoms with Crippen LogP contribution in [-0.2, 0) is 13.3 Å². The zero-order chi connectivity index (χ0) is 27.7. The Morgan fingerprint density at radius 1 is 1.05 bits per heavy atom. The van der Waals surface area contributed by atoms with Crippen molar-refractivity contribution in [1.29, 1.82) is 0 Å². The molecule has 0 saturated carbocycles. The van der Waals surface area contributed by atoms with Crippen molar-refractivity contribution in [3.63, 3.8) is 0 Å². The van der Waals surface area contributed by atoms with Crippen LogP contribution in [0.3, 0.4) is 0 Å². The topological polar surface area (TPSA) is 101 Å². The molecule has 2 N–H and O–H groups in total. The molecule has 208 valence electrons. The van der Waals surface area contributed by atoms with Gasteiger partial charge in [-0.1, -0.05) is 55.4 Å². The number of aromatic nitrogens is 4. The second-order valence-electron chi connectivity index (χ2n) is 12.4. The van der Waals surface area contributed by atoms with Gasteiger partial charge in [-0.2, -0.15) is 9.97 Å². The third-order valence-corrected chi connectivity index (χ3v) is 20.6. The number of nitrogens with two attached hydrogens (primary N) is 1. The van der Waals surface area contributed by atoms with Crippen LogP contribution in [0.5, 0.6) is 0 Å². The highest BCUT2D eigenvalue weighted by Gasteiger charge is 2.71. The average molecular weight is 553 g/mol. The van der Waals surface area contributed by atoms with Crippen LogP contribution in [0.1, 0.15) is 68.5 Å². The molecule has 2 saturated heterocycles. The minimum atomic E-state index is -2.84. The van der Waals surface area contributed by atoms with Crippen LogP contribution in [-0.4, -0.2) is 68.9 Å². The number of nitrogens with zero attached hydrogens (tertiary/aromatic N) is 5. The number of nitrogen functional groups attached to an aromatic ring is 1. The van der Waals surface area contributed by atoms with Crippen LogP contribution in [0.25, 0.3) is 11.2 Å². The summed E-state index contributed by atoms with van der Waals surface area (Å²) in [7, 11) is -1.79. The van der Waals surface area contributed by atoms with Gasteiger partial charge in [0.25, 0.3) is 0 Å². The highest BCUT2D eigenvalue weighted by molar-refractivity contribution is 6.88. The SMILES string of the molecule is CC(C)[Si]1(C(C)C)OC[C@H]2O[C@@H](n3cnc4c(N(C)C)nc(N)nc43)[C@](C)(F)[C@@H]2[Si](C(C)C)(C(C)C)O1. The maximum atomic E-state index is 17.6. The lowest BCUT2D eigenvalue weighted by atomic mass is 10.0. The van der Waals surface area contributed by atoms with Crippen LogP contribution < -0.4 is 10.6 Å². The standard InChI is InChI=1S/C25H45FN6O3Si2/c1-14(2)36(15(3)4)20-18(12-33-37(35-36,16(5)6)17(7)8)34-23(25(20,9)26)32-13-28-19-21(31(10)11)29-24(27)30-22(19)32/h13-18,20,23H,12H2,1-11H3,(H2,27,29,30)/t18-,20-,23-,25-/m1/s1. The fourth-order valence-corrected chi connectivity index (χ4v) is 20.6. The normalized spacial score (nSPS) is 29.5. The van der Waals surface area contributed by atoms with Gasteiger partial charge in [0, 0.05) is 19.6 Å². The van der Waals surface area contributed by atoms with Crippen molar-refractivity contribution in [2.24, 2.45) is 0 Å². The van der Waals surface area contributed by atoms with Crippen molar-refractivity contribution in [2.45, 2.75) is 108 Å². The molecule has 4 heterocycles. The van der Waals surface area contributed by atoms with E-state index < -0.39 is 40.4 Å². The van der Waals surface area contributed by atoms with Crippen LogP contribution >= 0.6 is 0 Å². The largest absolute Gasteiger partial charge is 0.434 e. The fraction of sp³-hybridized carbons (Fsp3) is 0.800. The molecule has 0 amide bonds. The predicted molar refractivity (Wildman–Crippen MR) is 150 cm³/mol. The number of imidazole rings is 1. The van der Waals surface area contributed by atoms with Gasteiger partial charge in [0.1, 0.15) is 0 Å². The molecular formula is C25H45FN6O3Si2. The molecule has 2 aliphatic heterocycles. The monoisotopic (exact) mass is 552 g/mol. The van der Waals surface area contributed by atoms with Gasteiger partial charge >= 0.3 is 8.56 Å². The van der Waals surface area contributed by atoms with Gasteiger partial charge in [0.15, 0.2) is 37.2 Å². The lowest BCUT2D eigenvalue weighted by molar-refractivity contribution is -0.0567. The zero-order valence-corrected chi connectivity index (χ0v) is 26.2. The van der Waals surface area contributed by atoms with E-state index >= 15 is 4.39 Å². The maximum Gasteiger partial charge on any atom is 0.333 e. The van der Waals surface area contributed by atoms with E-state index in [-0.39, 0.29) is 28.1 Å². The van der Waals surface area contributed by atoms with Crippen molar-refractivity contribution in [1.82, 2.24) is 19.5 Å². The first-order valence-corrected chi connectivity index (χ1v) is 17.6. The van der Waals surface area contributed by atoms with Gasteiger partial charge in [0.2, 0.25) is 5.95 Å². The van der Waals surface area contributed by atoms with Crippen molar-refractivity contribution >= 4 is 39.8 Å². The van der Waals surface area contributed by atoms with Crippen molar-refractivity contribution < 1.29 is 17.7 Å². The summed E-state index contributed by atoms with van der Waals surface area (Å²) >= 11 is 0. The molecule has 0 unspecified atom stereocenters. The lowest BCUT2D eigenvalue weighted by Crippen LogP contribution is -2.62. The predicted octanol–water partition coefficient (Wildman–Crippen LogP) is 5.54. The third kappa shape index (κ3) is 4.14. The number of hydrogen-bond donors (Lipinski definition) is 1. The molecule has 12 heteroatoms. The summed E-state index contributed by atoms with van der Waals surface area (Å²) in [5.41, 5.74) is 5.69. The van der Waals surface area contributed by atoms with Crippen molar-refractivity contribution in [3.8, 4) is 0 Å². The Balaban J connectivity index is 1.90. The van der Waals surface area contributed by atoms with Crippen LogP contribution in [0.15, 0.2) is 6.33 Å². The first-order valence-electron chi connectivity index (χ1n) is 13.5. The Kier molecular flexibility index (Phi) is 7.33. The molecule has 0 aliphatic carbocycles. The molecule has 2 aromatic heterocycles. The Hall–Kier alpha value is -1.61. The van der Waals surface area contributed by atoms with Crippen molar-refractivity contribution in [2.75, 3.05) is 31.3 Å². The van der Waals surface area contributed by atoms with E-state index in [2.05, 4.69) is 70.3 Å². The molecule has 2 fully saturated rings. The van der Waals surface area contributed by atoms with Gasteiger partial charge < -0.3 is 23.9 Å². The second kappa shape index (κ2) is 9.54. The van der Waals surface area contributed by atoms with Crippen molar-refractivity contribution in [3.05, 3.63) is 6.33 Å². The molecule has 2 aromatic rings. The number of halogens is 1. The molecule has 4 rings (SSSR count).